The number of para-hydroxylation sites is 1. The van der Waals surface area contributed by atoms with Crippen molar-refractivity contribution < 1.29 is 33.0 Å². The number of thiophene rings is 1. The first kappa shape index (κ1) is 35.0. The molecule has 49 heavy (non-hydrogen) atoms. The largest absolute Gasteiger partial charge is 0.453 e. The molecule has 5 rings (SSSR count). The molecule has 3 aromatic heterocycles. The molecule has 0 radical (unpaired) electrons. The lowest BCUT2D eigenvalue weighted by Crippen LogP contribution is -2.38. The maximum absolute atomic E-state index is 15.2. The Morgan fingerprint density at radius 1 is 0.959 bits per heavy atom. The summed E-state index contributed by atoms with van der Waals surface area (Å²) in [5.41, 5.74) is 1.52. The van der Waals surface area contributed by atoms with Gasteiger partial charge in [-0.2, -0.15) is 0 Å². The van der Waals surface area contributed by atoms with Gasteiger partial charge in [-0.15, -0.1) is 11.3 Å². The van der Waals surface area contributed by atoms with Gasteiger partial charge in [-0.3, -0.25) is 14.6 Å². The summed E-state index contributed by atoms with van der Waals surface area (Å²) in [7, 11) is 3.44. The van der Waals surface area contributed by atoms with Crippen molar-refractivity contribution in [2.24, 2.45) is 7.05 Å². The summed E-state index contributed by atoms with van der Waals surface area (Å²) in [6.45, 7) is 6.40. The van der Waals surface area contributed by atoms with Gasteiger partial charge in [-0.05, 0) is 51.1 Å². The normalized spacial score (nSPS) is 11.3. The Labute approximate surface area is 286 Å². The van der Waals surface area contributed by atoms with Gasteiger partial charge in [-0.1, -0.05) is 18.2 Å². The summed E-state index contributed by atoms with van der Waals surface area (Å²) in [5, 5.41) is 5.17. The highest BCUT2D eigenvalue weighted by atomic mass is 32.1. The molecular formula is C35H37FN6O6S. The molecule has 0 saturated heterocycles. The van der Waals surface area contributed by atoms with Crippen LogP contribution in [0.15, 0.2) is 73.1 Å². The third-order valence-electron chi connectivity index (χ3n) is 7.06. The molecule has 5 aromatic rings. The van der Waals surface area contributed by atoms with E-state index in [2.05, 4.69) is 20.6 Å². The van der Waals surface area contributed by atoms with Crippen LogP contribution in [0.3, 0.4) is 0 Å². The number of ether oxygens (including phenoxy) is 3. The predicted octanol–water partition coefficient (Wildman–Crippen LogP) is 6.98. The van der Waals surface area contributed by atoms with E-state index in [1.165, 1.54) is 23.5 Å². The lowest BCUT2D eigenvalue weighted by atomic mass is 10.2. The van der Waals surface area contributed by atoms with Gasteiger partial charge in [0.05, 0.1) is 40.1 Å². The van der Waals surface area contributed by atoms with E-state index in [1.807, 2.05) is 44.5 Å². The lowest BCUT2D eigenvalue weighted by Gasteiger charge is -2.27. The number of carbonyl (C=O) groups excluding carboxylic acids is 3. The Morgan fingerprint density at radius 2 is 1.69 bits per heavy atom. The monoisotopic (exact) mass is 688 g/mol. The number of imidazole rings is 1. The highest BCUT2D eigenvalue weighted by molar-refractivity contribution is 7.22. The molecule has 0 saturated carbocycles. The second kappa shape index (κ2) is 15.3. The molecule has 12 nitrogen and oxygen atoms in total. The molecule has 2 N–H and O–H groups in total. The van der Waals surface area contributed by atoms with Gasteiger partial charge < -0.3 is 34.3 Å². The smallest absolute Gasteiger partial charge is 0.410 e. The molecule has 14 heteroatoms. The average molecular weight is 689 g/mol. The SMILES string of the molecule is COCCN(Cc1cnc(-c2cc3nccc(Oc4ccc(NC(=O)CC(=O)Nc5ccccc5)cc4F)c3s2)n1C)C(=O)OC(C)(C)C. The number of fused-ring (bicyclic) bond motifs is 1. The number of nitrogens with one attached hydrogen (secondary N) is 2. The van der Waals surface area contributed by atoms with Gasteiger partial charge in [-0.25, -0.2) is 14.2 Å². The topological polar surface area (TPSA) is 137 Å². The predicted molar refractivity (Wildman–Crippen MR) is 185 cm³/mol. The molecule has 0 aliphatic carbocycles. The molecule has 0 fully saturated rings. The summed E-state index contributed by atoms with van der Waals surface area (Å²) >= 11 is 1.38. The Morgan fingerprint density at radius 3 is 2.39 bits per heavy atom. The average Bonchev–Trinajstić information content (AvgIpc) is 3.63. The maximum Gasteiger partial charge on any atom is 0.410 e. The molecule has 2 aromatic carbocycles. The fourth-order valence-corrected chi connectivity index (χ4v) is 5.84. The first-order valence-electron chi connectivity index (χ1n) is 15.4. The van der Waals surface area contributed by atoms with E-state index >= 15 is 4.39 Å². The van der Waals surface area contributed by atoms with Crippen molar-refractivity contribution in [3.63, 3.8) is 0 Å². The minimum absolute atomic E-state index is 0.0557. The van der Waals surface area contributed by atoms with Crippen molar-refractivity contribution in [3.8, 4) is 22.2 Å². The van der Waals surface area contributed by atoms with Crippen molar-refractivity contribution in [2.75, 3.05) is 30.9 Å². The highest BCUT2D eigenvalue weighted by Crippen LogP contribution is 2.39. The van der Waals surface area contributed by atoms with Crippen molar-refractivity contribution in [1.82, 2.24) is 19.4 Å². The van der Waals surface area contributed by atoms with E-state index in [-0.39, 0.29) is 18.0 Å². The Bertz CT molecular complexity index is 1960. The number of benzene rings is 2. The number of methoxy groups -OCH3 is 1. The standard InChI is InChI=1S/C35H37FN6O6S/c1-35(2,3)48-34(45)42(15-16-46-5)21-24-20-38-33(41(24)4)29-18-26-32(49-29)28(13-14-37-26)47-27-12-11-23(17-25(27)36)40-31(44)19-30(43)39-22-9-7-6-8-10-22/h6-14,17-18,20H,15-16,19,21H2,1-5H3,(H,39,43)(H,40,44). The molecule has 0 aliphatic heterocycles. The van der Waals surface area contributed by atoms with Crippen LogP contribution in [0.1, 0.15) is 32.9 Å². The highest BCUT2D eigenvalue weighted by Gasteiger charge is 2.24. The molecule has 256 valence electrons. The van der Waals surface area contributed by atoms with Gasteiger partial charge >= 0.3 is 6.09 Å². The number of rotatable bonds is 12. The number of anilines is 2. The zero-order chi connectivity index (χ0) is 35.1. The summed E-state index contributed by atoms with van der Waals surface area (Å²) < 4.78 is 34.5. The minimum Gasteiger partial charge on any atom is -0.453 e. The third-order valence-corrected chi connectivity index (χ3v) is 8.20. The number of amides is 3. The van der Waals surface area contributed by atoms with Crippen LogP contribution in [0.2, 0.25) is 0 Å². The molecule has 0 unspecified atom stereocenters. The molecule has 0 aliphatic rings. The number of hydrogen-bond acceptors (Lipinski definition) is 9. The summed E-state index contributed by atoms with van der Waals surface area (Å²) in [6, 6.07) is 16.3. The maximum atomic E-state index is 15.2. The zero-order valence-corrected chi connectivity index (χ0v) is 28.6. The Hall–Kier alpha value is -5.34. The summed E-state index contributed by atoms with van der Waals surface area (Å²) in [6.07, 6.45) is 2.39. The fourth-order valence-electron chi connectivity index (χ4n) is 4.74. The molecule has 3 heterocycles. The second-order valence-corrected chi connectivity index (χ2v) is 13.1. The zero-order valence-electron chi connectivity index (χ0n) is 27.8. The minimum atomic E-state index is -0.704. The molecule has 0 atom stereocenters. The fraction of sp³-hybridized carbons (Fsp3) is 0.286. The number of aromatic nitrogens is 3. The quantitative estimate of drug-likeness (QED) is 0.134. The van der Waals surface area contributed by atoms with Gasteiger partial charge in [0, 0.05) is 50.4 Å². The van der Waals surface area contributed by atoms with E-state index in [1.54, 1.807) is 54.7 Å². The van der Waals surface area contributed by atoms with E-state index < -0.39 is 35.7 Å². The number of nitrogens with zero attached hydrogens (tertiary/aromatic N) is 4. The van der Waals surface area contributed by atoms with E-state index in [9.17, 15) is 14.4 Å². The molecule has 3 amide bonds. The van der Waals surface area contributed by atoms with Crippen LogP contribution < -0.4 is 15.4 Å². The molecular weight excluding hydrogens is 651 g/mol. The molecule has 0 spiro atoms. The van der Waals surface area contributed by atoms with Gasteiger partial charge in [0.1, 0.15) is 23.6 Å². The van der Waals surface area contributed by atoms with Crippen LogP contribution in [0.4, 0.5) is 20.6 Å². The number of pyridine rings is 1. The molecule has 0 bridgehead atoms. The Balaban J connectivity index is 1.28. The van der Waals surface area contributed by atoms with Gasteiger partial charge in [0.25, 0.3) is 0 Å². The van der Waals surface area contributed by atoms with Crippen molar-refractivity contribution in [3.05, 3.63) is 84.6 Å². The lowest BCUT2D eigenvalue weighted by molar-refractivity contribution is -0.123. The summed E-state index contributed by atoms with van der Waals surface area (Å²) in [5.74, 6) is -0.797. The number of halogens is 1. The van der Waals surface area contributed by atoms with Crippen LogP contribution in [0.25, 0.3) is 20.9 Å². The van der Waals surface area contributed by atoms with Crippen LogP contribution in [-0.4, -0.2) is 63.2 Å². The number of carbonyl (C=O) groups is 3. The van der Waals surface area contributed by atoms with Crippen molar-refractivity contribution >= 4 is 50.8 Å². The third kappa shape index (κ3) is 9.18. The van der Waals surface area contributed by atoms with Crippen molar-refractivity contribution in [1.29, 1.82) is 0 Å². The van der Waals surface area contributed by atoms with E-state index in [0.717, 1.165) is 16.6 Å². The van der Waals surface area contributed by atoms with Crippen LogP contribution in [0, 0.1) is 5.82 Å². The Kier molecular flexibility index (Phi) is 10.9. The van der Waals surface area contributed by atoms with E-state index in [4.69, 9.17) is 14.2 Å². The summed E-state index contributed by atoms with van der Waals surface area (Å²) in [4.78, 5) is 48.9. The van der Waals surface area contributed by atoms with Crippen LogP contribution >= 0.6 is 11.3 Å². The van der Waals surface area contributed by atoms with Crippen molar-refractivity contribution in [2.45, 2.75) is 39.3 Å². The van der Waals surface area contributed by atoms with Gasteiger partial charge in [0.2, 0.25) is 11.8 Å². The van der Waals surface area contributed by atoms with Gasteiger partial charge in [0.15, 0.2) is 11.6 Å². The first-order chi connectivity index (χ1) is 23.4. The second-order valence-electron chi connectivity index (χ2n) is 12.0. The van der Waals surface area contributed by atoms with Crippen LogP contribution in [-0.2, 0) is 32.7 Å². The first-order valence-corrected chi connectivity index (χ1v) is 16.2. The van der Waals surface area contributed by atoms with E-state index in [0.29, 0.717) is 40.6 Å². The number of hydrogen-bond donors (Lipinski definition) is 2. The van der Waals surface area contributed by atoms with Crippen LogP contribution in [0.5, 0.6) is 11.5 Å².